The first-order chi connectivity index (χ1) is 12.9. The Kier molecular flexibility index (Phi) is 27.1. The zero-order valence-corrected chi connectivity index (χ0v) is 20.2. The van der Waals surface area contributed by atoms with Crippen molar-refractivity contribution in [2.75, 3.05) is 23.0 Å². The molecule has 0 aliphatic rings. The number of hydrogen-bond acceptors (Lipinski definition) is 12. The van der Waals surface area contributed by atoms with Crippen LogP contribution in [0.5, 0.6) is 0 Å². The highest BCUT2D eigenvalue weighted by Gasteiger charge is 2.15. The molecule has 0 aliphatic carbocycles. The normalized spacial score (nSPS) is 13.7. The maximum Gasteiger partial charge on any atom is 0.321 e. The van der Waals surface area contributed by atoms with Crippen LogP contribution in [0.25, 0.3) is 0 Å². The lowest BCUT2D eigenvalue weighted by molar-refractivity contribution is -0.138. The summed E-state index contributed by atoms with van der Waals surface area (Å²) >= 11 is 0. The van der Waals surface area contributed by atoms with Gasteiger partial charge in [0.1, 0.15) is 24.2 Å². The molecule has 0 radical (unpaired) electrons. The fourth-order valence-corrected chi connectivity index (χ4v) is 5.23. The second kappa shape index (κ2) is 21.9. The molecule has 0 saturated heterocycles. The van der Waals surface area contributed by atoms with Gasteiger partial charge in [0.2, 0.25) is 0 Å². The first-order valence-electron chi connectivity index (χ1n) is 7.32. The Hall–Kier alpha value is -0.300. The average Bonchev–Trinajstić information content (AvgIpc) is 2.61. The third-order valence-electron chi connectivity index (χ3n) is 2.43. The van der Waals surface area contributed by atoms with E-state index in [1.807, 2.05) is 0 Å². The molecule has 0 saturated carbocycles. The van der Waals surface area contributed by atoms with Crippen LogP contribution in [0.1, 0.15) is 0 Å². The van der Waals surface area contributed by atoms with Crippen molar-refractivity contribution in [3.63, 3.8) is 0 Å². The summed E-state index contributed by atoms with van der Waals surface area (Å²) in [5.41, 5.74) is 20.8. The minimum absolute atomic E-state index is 0. The van der Waals surface area contributed by atoms with Crippen LogP contribution in [-0.2, 0) is 19.2 Å². The minimum atomic E-state index is -1.07. The molecule has 12 nitrogen and oxygen atoms in total. The predicted molar refractivity (Wildman–Crippen MR) is 127 cm³/mol. The molecule has 0 aromatic heterocycles. The summed E-state index contributed by atoms with van der Waals surface area (Å²) in [7, 11) is 4.81. The smallest absolute Gasteiger partial charge is 0.321 e. The van der Waals surface area contributed by atoms with Crippen LogP contribution >= 0.6 is 68.0 Å². The molecule has 0 bridgehead atoms. The molecule has 12 N–H and O–H groups in total. The van der Waals surface area contributed by atoms with Gasteiger partial charge in [-0.2, -0.15) is 0 Å². The molecule has 0 rings (SSSR count). The van der Waals surface area contributed by atoms with Gasteiger partial charge < -0.3 is 43.4 Å². The van der Waals surface area contributed by atoms with Crippen molar-refractivity contribution in [2.24, 2.45) is 22.9 Å². The Morgan fingerprint density at radius 3 is 0.733 bits per heavy atom. The Labute approximate surface area is 201 Å². The Balaban J connectivity index is -0.000000211. The van der Waals surface area contributed by atoms with Crippen molar-refractivity contribution in [1.29, 1.82) is 0 Å². The zero-order chi connectivity index (χ0) is 22.3. The quantitative estimate of drug-likeness (QED) is 0.0970. The van der Waals surface area contributed by atoms with Gasteiger partial charge in [-0.05, 0) is 0 Å². The van der Waals surface area contributed by atoms with E-state index in [0.717, 1.165) is 0 Å². The SMILES string of the molecule is Cl.Cl.N[C@@H](CSSC[C@H](N)C(=O)O)C(=O)O.N[C@@H](CSSC[C@H](N)C(=O)O)C(=O)O. The van der Waals surface area contributed by atoms with Gasteiger partial charge in [0.25, 0.3) is 0 Å². The Morgan fingerprint density at radius 2 is 0.633 bits per heavy atom. The molecular weight excluding hydrogens is 527 g/mol. The second-order valence-corrected chi connectivity index (χ2v) is 10.0. The third-order valence-corrected chi connectivity index (χ3v) is 7.37. The zero-order valence-electron chi connectivity index (χ0n) is 15.3. The van der Waals surface area contributed by atoms with Crippen molar-refractivity contribution < 1.29 is 39.6 Å². The predicted octanol–water partition coefficient (Wildman–Crippen LogP) is -0.773. The Morgan fingerprint density at radius 1 is 0.500 bits per heavy atom. The maximum atomic E-state index is 10.3. The summed E-state index contributed by atoms with van der Waals surface area (Å²) in [6, 6.07) is -3.69. The molecule has 180 valence electrons. The molecule has 0 aliphatic heterocycles. The van der Waals surface area contributed by atoms with Crippen LogP contribution in [0.3, 0.4) is 0 Å². The summed E-state index contributed by atoms with van der Waals surface area (Å²) < 4.78 is 0. The van der Waals surface area contributed by atoms with Crippen molar-refractivity contribution in [1.82, 2.24) is 0 Å². The van der Waals surface area contributed by atoms with Crippen molar-refractivity contribution in [3.8, 4) is 0 Å². The van der Waals surface area contributed by atoms with Crippen LogP contribution in [0.15, 0.2) is 0 Å². The molecule has 18 heteroatoms. The number of carboxylic acids is 4. The molecule has 0 aromatic carbocycles. The standard InChI is InChI=1S/2C6H12N2O4S2.2ClH/c2*7-3(5(9)10)1-13-14-2-4(8)6(11)12;;/h2*3-4H,1-2,7-8H2,(H,9,10)(H,11,12);2*1H/t2*3-,4-;;/m00../s1. The lowest BCUT2D eigenvalue weighted by Crippen LogP contribution is -2.33. The summed E-state index contributed by atoms with van der Waals surface area (Å²) in [4.78, 5) is 41.1. The molecule has 4 atom stereocenters. The molecular formula is C12H26Cl2N4O8S4. The lowest BCUT2D eigenvalue weighted by Gasteiger charge is -2.07. The number of carbonyl (C=O) groups is 4. The van der Waals surface area contributed by atoms with E-state index in [9.17, 15) is 19.2 Å². The van der Waals surface area contributed by atoms with Crippen molar-refractivity contribution in [2.45, 2.75) is 24.2 Å². The maximum absolute atomic E-state index is 10.3. The van der Waals surface area contributed by atoms with Gasteiger partial charge in [0, 0.05) is 23.0 Å². The van der Waals surface area contributed by atoms with Crippen LogP contribution in [0.4, 0.5) is 0 Å². The summed E-state index contributed by atoms with van der Waals surface area (Å²) in [6.45, 7) is 0. The number of halogens is 2. The van der Waals surface area contributed by atoms with Crippen molar-refractivity contribution in [3.05, 3.63) is 0 Å². The van der Waals surface area contributed by atoms with Gasteiger partial charge in [0.05, 0.1) is 0 Å². The molecule has 30 heavy (non-hydrogen) atoms. The first-order valence-corrected chi connectivity index (χ1v) is 12.3. The van der Waals surface area contributed by atoms with Crippen LogP contribution in [-0.4, -0.2) is 91.5 Å². The van der Waals surface area contributed by atoms with Crippen molar-refractivity contribution >= 4 is 91.9 Å². The fourth-order valence-electron chi connectivity index (χ4n) is 0.771. The fraction of sp³-hybridized carbons (Fsp3) is 0.667. The van der Waals surface area contributed by atoms with E-state index in [2.05, 4.69) is 0 Å². The molecule has 0 spiro atoms. The van der Waals surface area contributed by atoms with Gasteiger partial charge in [0.15, 0.2) is 0 Å². The number of aliphatic carboxylic acids is 4. The van der Waals surface area contributed by atoms with Crippen LogP contribution in [0, 0.1) is 0 Å². The molecule has 0 heterocycles. The number of rotatable bonds is 14. The van der Waals surface area contributed by atoms with E-state index < -0.39 is 48.0 Å². The van der Waals surface area contributed by atoms with E-state index in [-0.39, 0.29) is 47.8 Å². The van der Waals surface area contributed by atoms with Gasteiger partial charge in [-0.3, -0.25) is 19.2 Å². The highest BCUT2D eigenvalue weighted by molar-refractivity contribution is 8.77. The third kappa shape index (κ3) is 22.4. The lowest BCUT2D eigenvalue weighted by atomic mass is 10.4. The van der Waals surface area contributed by atoms with E-state index in [0.29, 0.717) is 0 Å². The number of carboxylic acid groups (broad SMARTS) is 4. The van der Waals surface area contributed by atoms with Gasteiger partial charge in [-0.1, -0.05) is 43.2 Å². The second-order valence-electron chi connectivity index (χ2n) is 4.92. The van der Waals surface area contributed by atoms with E-state index in [1.165, 1.54) is 43.2 Å². The van der Waals surface area contributed by atoms with Gasteiger partial charge >= 0.3 is 23.9 Å². The van der Waals surface area contributed by atoms with Gasteiger partial charge in [-0.15, -0.1) is 24.8 Å². The van der Waals surface area contributed by atoms with E-state index >= 15 is 0 Å². The number of nitrogens with two attached hydrogens (primary N) is 4. The minimum Gasteiger partial charge on any atom is -0.480 e. The Bertz CT molecular complexity index is 439. The monoisotopic (exact) mass is 552 g/mol. The first kappa shape index (κ1) is 37.0. The molecule has 0 amide bonds. The highest BCUT2D eigenvalue weighted by Crippen LogP contribution is 2.22. The van der Waals surface area contributed by atoms with Gasteiger partial charge in [-0.25, -0.2) is 0 Å². The van der Waals surface area contributed by atoms with Crippen LogP contribution in [0.2, 0.25) is 0 Å². The van der Waals surface area contributed by atoms with E-state index in [1.54, 1.807) is 0 Å². The molecule has 0 aromatic rings. The average molecular weight is 554 g/mol. The van der Waals surface area contributed by atoms with Crippen LogP contribution < -0.4 is 22.9 Å². The summed E-state index contributed by atoms with van der Waals surface area (Å²) in [5.74, 6) is -3.36. The highest BCUT2D eigenvalue weighted by atomic mass is 35.5. The molecule has 0 fully saturated rings. The molecule has 0 unspecified atom stereocenters. The number of hydrogen-bond donors (Lipinski definition) is 8. The topological polar surface area (TPSA) is 253 Å². The largest absolute Gasteiger partial charge is 0.480 e. The summed E-state index contributed by atoms with van der Waals surface area (Å²) in [5, 5.41) is 33.6. The van der Waals surface area contributed by atoms with E-state index in [4.69, 9.17) is 43.4 Å². The summed E-state index contributed by atoms with van der Waals surface area (Å²) in [6.07, 6.45) is 0.